The third-order valence-electron chi connectivity index (χ3n) is 4.76. The molecule has 4 heteroatoms. The van der Waals surface area contributed by atoms with Gasteiger partial charge in [0.1, 0.15) is 5.78 Å². The molecule has 0 radical (unpaired) electrons. The number of carbonyl (C=O) groups excluding carboxylic acids is 1. The number of hydrogen-bond acceptors (Lipinski definition) is 3. The Labute approximate surface area is 126 Å². The van der Waals surface area contributed by atoms with Crippen LogP contribution in [0.4, 0.5) is 0 Å². The van der Waals surface area contributed by atoms with Gasteiger partial charge in [0, 0.05) is 19.2 Å². The molecule has 1 aliphatic carbocycles. The van der Waals surface area contributed by atoms with Gasteiger partial charge in [0.25, 0.3) is 0 Å². The van der Waals surface area contributed by atoms with Gasteiger partial charge in [0.15, 0.2) is 0 Å². The Balaban J connectivity index is 1.45. The third kappa shape index (κ3) is 4.16. The number of rotatable bonds is 6. The van der Waals surface area contributed by atoms with E-state index in [1.54, 1.807) is 0 Å². The molecule has 0 amide bonds. The number of ketones is 1. The Morgan fingerprint density at radius 1 is 1.24 bits per heavy atom. The van der Waals surface area contributed by atoms with Crippen LogP contribution in [-0.4, -0.2) is 28.3 Å². The van der Waals surface area contributed by atoms with Crippen molar-refractivity contribution in [2.75, 3.05) is 6.61 Å². The quantitative estimate of drug-likeness (QED) is 0.806. The second kappa shape index (κ2) is 7.21. The van der Waals surface area contributed by atoms with Gasteiger partial charge in [0.05, 0.1) is 24.3 Å². The monoisotopic (exact) mass is 290 g/mol. The molecule has 3 rings (SSSR count). The maximum Gasteiger partial charge on any atom is 0.139 e. The first-order valence-electron chi connectivity index (χ1n) is 8.48. The summed E-state index contributed by atoms with van der Waals surface area (Å²) in [5, 5.41) is 4.62. The second-order valence-corrected chi connectivity index (χ2v) is 6.47. The van der Waals surface area contributed by atoms with Crippen LogP contribution in [0.2, 0.25) is 0 Å². The Morgan fingerprint density at radius 2 is 2.10 bits per heavy atom. The van der Waals surface area contributed by atoms with E-state index in [1.807, 2.05) is 6.07 Å². The largest absolute Gasteiger partial charge is 0.378 e. The highest BCUT2D eigenvalue weighted by Gasteiger charge is 2.18. The molecule has 116 valence electrons. The van der Waals surface area contributed by atoms with Crippen LogP contribution in [0, 0.1) is 0 Å². The lowest BCUT2D eigenvalue weighted by molar-refractivity contribution is -0.119. The molecule has 0 N–H and O–H groups in total. The van der Waals surface area contributed by atoms with E-state index in [4.69, 9.17) is 4.74 Å². The van der Waals surface area contributed by atoms with Crippen molar-refractivity contribution in [1.29, 1.82) is 0 Å². The van der Waals surface area contributed by atoms with Crippen LogP contribution in [0.1, 0.15) is 69.5 Å². The lowest BCUT2D eigenvalue weighted by atomic mass is 9.96. The molecule has 1 saturated carbocycles. The molecule has 1 unspecified atom stereocenters. The molecule has 1 aliphatic heterocycles. The minimum absolute atomic E-state index is 0.291. The Morgan fingerprint density at radius 3 is 2.86 bits per heavy atom. The summed E-state index contributed by atoms with van der Waals surface area (Å²) in [7, 11) is 0. The van der Waals surface area contributed by atoms with Gasteiger partial charge in [-0.25, -0.2) is 0 Å². The topological polar surface area (TPSA) is 44.1 Å². The van der Waals surface area contributed by atoms with Gasteiger partial charge in [-0.05, 0) is 38.2 Å². The Kier molecular flexibility index (Phi) is 5.07. The summed E-state index contributed by atoms with van der Waals surface area (Å²) in [6.07, 6.45) is 13.0. The summed E-state index contributed by atoms with van der Waals surface area (Å²) in [5.41, 5.74) is 0.929. The van der Waals surface area contributed by atoms with Crippen LogP contribution < -0.4 is 0 Å². The smallest absolute Gasteiger partial charge is 0.139 e. The lowest BCUT2D eigenvalue weighted by Gasteiger charge is -2.21. The van der Waals surface area contributed by atoms with E-state index in [0.717, 1.165) is 31.6 Å². The van der Waals surface area contributed by atoms with Crippen molar-refractivity contribution in [3.63, 3.8) is 0 Å². The predicted molar refractivity (Wildman–Crippen MR) is 81.3 cm³/mol. The molecule has 4 nitrogen and oxygen atoms in total. The molecular formula is C17H26N2O2. The minimum Gasteiger partial charge on any atom is -0.378 e. The lowest BCUT2D eigenvalue weighted by Crippen LogP contribution is -2.14. The number of nitrogens with zero attached hydrogens (tertiary/aromatic N) is 2. The number of carbonyl (C=O) groups is 1. The summed E-state index contributed by atoms with van der Waals surface area (Å²) in [4.78, 5) is 12.0. The average molecular weight is 290 g/mol. The summed E-state index contributed by atoms with van der Waals surface area (Å²) in [6, 6.07) is 2.56. The van der Waals surface area contributed by atoms with Gasteiger partial charge in [-0.2, -0.15) is 5.10 Å². The molecule has 2 heterocycles. The molecule has 1 atom stereocenters. The second-order valence-electron chi connectivity index (χ2n) is 6.47. The first-order valence-corrected chi connectivity index (χ1v) is 8.48. The van der Waals surface area contributed by atoms with Crippen LogP contribution in [0.25, 0.3) is 0 Å². The predicted octanol–water partition coefficient (Wildman–Crippen LogP) is 3.46. The Hall–Kier alpha value is -1.16. The normalized spacial score (nSPS) is 23.5. The summed E-state index contributed by atoms with van der Waals surface area (Å²) < 4.78 is 7.65. The van der Waals surface area contributed by atoms with Crippen molar-refractivity contribution < 1.29 is 9.53 Å². The van der Waals surface area contributed by atoms with E-state index in [1.165, 1.54) is 32.1 Å². The van der Waals surface area contributed by atoms with Gasteiger partial charge in [-0.1, -0.05) is 19.3 Å². The van der Waals surface area contributed by atoms with Gasteiger partial charge >= 0.3 is 0 Å². The van der Waals surface area contributed by atoms with Crippen LogP contribution in [-0.2, 0) is 16.0 Å². The van der Waals surface area contributed by atoms with E-state index in [2.05, 4.69) is 16.0 Å². The van der Waals surface area contributed by atoms with Crippen LogP contribution in [0.3, 0.4) is 0 Å². The van der Waals surface area contributed by atoms with Gasteiger partial charge in [-0.3, -0.25) is 9.48 Å². The zero-order valence-electron chi connectivity index (χ0n) is 12.8. The van der Waals surface area contributed by atoms with Crippen molar-refractivity contribution in [3.8, 4) is 0 Å². The van der Waals surface area contributed by atoms with E-state index in [9.17, 15) is 4.79 Å². The molecule has 1 aromatic rings. The van der Waals surface area contributed by atoms with Crippen LogP contribution >= 0.6 is 0 Å². The van der Waals surface area contributed by atoms with E-state index in [0.29, 0.717) is 30.8 Å². The molecule has 2 aliphatic rings. The highest BCUT2D eigenvalue weighted by Crippen LogP contribution is 2.27. The van der Waals surface area contributed by atoms with Crippen LogP contribution in [0.5, 0.6) is 0 Å². The van der Waals surface area contributed by atoms with E-state index < -0.39 is 0 Å². The van der Waals surface area contributed by atoms with E-state index >= 15 is 0 Å². The third-order valence-corrected chi connectivity index (χ3v) is 4.76. The van der Waals surface area contributed by atoms with Crippen LogP contribution in [0.15, 0.2) is 12.3 Å². The zero-order chi connectivity index (χ0) is 14.5. The fraction of sp³-hybridized carbons (Fsp3) is 0.765. The summed E-state index contributed by atoms with van der Waals surface area (Å²) in [6.45, 7) is 0.866. The number of Topliss-reactive ketones (excluding diaryl/α,β-unsaturated/α-hetero) is 1. The molecule has 21 heavy (non-hydrogen) atoms. The van der Waals surface area contributed by atoms with Crippen molar-refractivity contribution in [3.05, 3.63) is 18.0 Å². The fourth-order valence-corrected chi connectivity index (χ4v) is 3.50. The number of hydrogen-bond donors (Lipinski definition) is 0. The number of ether oxygens (including phenoxy) is 1. The molecule has 0 bridgehead atoms. The van der Waals surface area contributed by atoms with Crippen molar-refractivity contribution >= 4 is 5.78 Å². The molecule has 0 spiro atoms. The van der Waals surface area contributed by atoms with Crippen molar-refractivity contribution in [2.45, 2.75) is 76.4 Å². The molecular weight excluding hydrogens is 264 g/mol. The summed E-state index contributed by atoms with van der Waals surface area (Å²) >= 11 is 0. The molecule has 1 saturated heterocycles. The average Bonchev–Trinajstić information content (AvgIpc) is 3.17. The standard InChI is InChI=1S/C17H26N2O2/c20-16(8-9-17-7-4-12-21-17)13-14-10-11-19(18-14)15-5-2-1-3-6-15/h10-11,15,17H,1-9,12-13H2. The zero-order valence-corrected chi connectivity index (χ0v) is 12.8. The first-order chi connectivity index (χ1) is 10.3. The maximum absolute atomic E-state index is 12.0. The van der Waals surface area contributed by atoms with Gasteiger partial charge in [-0.15, -0.1) is 0 Å². The molecule has 2 fully saturated rings. The van der Waals surface area contributed by atoms with Crippen molar-refractivity contribution in [1.82, 2.24) is 9.78 Å². The Bertz CT molecular complexity index is 457. The van der Waals surface area contributed by atoms with Gasteiger partial charge in [0.2, 0.25) is 0 Å². The van der Waals surface area contributed by atoms with Crippen molar-refractivity contribution in [2.24, 2.45) is 0 Å². The first kappa shape index (κ1) is 14.8. The maximum atomic E-state index is 12.0. The number of aromatic nitrogens is 2. The van der Waals surface area contributed by atoms with E-state index in [-0.39, 0.29) is 0 Å². The highest BCUT2D eigenvalue weighted by atomic mass is 16.5. The minimum atomic E-state index is 0.291. The SMILES string of the molecule is O=C(CCC1CCCO1)Cc1ccn(C2CCCCC2)n1. The fourth-order valence-electron chi connectivity index (χ4n) is 3.50. The molecule has 0 aromatic carbocycles. The summed E-state index contributed by atoms with van der Waals surface area (Å²) in [5.74, 6) is 0.291. The molecule has 1 aromatic heterocycles. The van der Waals surface area contributed by atoms with Gasteiger partial charge < -0.3 is 4.74 Å². The highest BCUT2D eigenvalue weighted by molar-refractivity contribution is 5.80.